The van der Waals surface area contributed by atoms with Crippen LogP contribution in [0.4, 0.5) is 0 Å². The van der Waals surface area contributed by atoms with Crippen LogP contribution in [0.2, 0.25) is 0 Å². The maximum Gasteiger partial charge on any atom is 0.174 e. The smallest absolute Gasteiger partial charge is 0.174 e. The number of hydrogen-bond acceptors (Lipinski definition) is 5. The van der Waals surface area contributed by atoms with Crippen LogP contribution in [0.25, 0.3) is 0 Å². The zero-order valence-electron chi connectivity index (χ0n) is 9.01. The summed E-state index contributed by atoms with van der Waals surface area (Å²) in [5, 5.41) is 0. The third-order valence-electron chi connectivity index (χ3n) is 2.10. The predicted octanol–water partition coefficient (Wildman–Crippen LogP) is 2.71. The minimum atomic E-state index is 0.574. The standard InChI is InChI=1S/C11H13N3S2/c1-2-10-13-11(16-14-10)15-9-5-3-4-8(6-9)7-12/h3-6H,2,7,12H2,1H3. The fourth-order valence-electron chi connectivity index (χ4n) is 1.26. The van der Waals surface area contributed by atoms with Gasteiger partial charge >= 0.3 is 0 Å². The third kappa shape index (κ3) is 2.81. The summed E-state index contributed by atoms with van der Waals surface area (Å²) in [5.74, 6) is 0.919. The molecule has 1 aromatic carbocycles. The summed E-state index contributed by atoms with van der Waals surface area (Å²) in [6.45, 7) is 2.64. The Morgan fingerprint density at radius 1 is 1.44 bits per heavy atom. The lowest BCUT2D eigenvalue weighted by atomic mass is 10.2. The maximum absolute atomic E-state index is 5.60. The van der Waals surface area contributed by atoms with Gasteiger partial charge in [-0.2, -0.15) is 4.37 Å². The van der Waals surface area contributed by atoms with E-state index in [-0.39, 0.29) is 0 Å². The molecule has 0 aliphatic rings. The molecule has 0 atom stereocenters. The summed E-state index contributed by atoms with van der Waals surface area (Å²) in [6.07, 6.45) is 0.889. The minimum absolute atomic E-state index is 0.574. The van der Waals surface area contributed by atoms with Crippen molar-refractivity contribution in [1.29, 1.82) is 0 Å². The van der Waals surface area contributed by atoms with Crippen LogP contribution in [-0.2, 0) is 13.0 Å². The molecule has 1 aromatic heterocycles. The second-order valence-electron chi connectivity index (χ2n) is 3.28. The Morgan fingerprint density at radius 2 is 2.31 bits per heavy atom. The van der Waals surface area contributed by atoms with E-state index >= 15 is 0 Å². The summed E-state index contributed by atoms with van der Waals surface area (Å²) < 4.78 is 5.25. The molecule has 0 saturated carbocycles. The lowest BCUT2D eigenvalue weighted by molar-refractivity contribution is 0.971. The van der Waals surface area contributed by atoms with E-state index in [0.29, 0.717) is 6.54 Å². The fraction of sp³-hybridized carbons (Fsp3) is 0.273. The van der Waals surface area contributed by atoms with Gasteiger partial charge in [0.15, 0.2) is 4.34 Å². The first-order valence-electron chi connectivity index (χ1n) is 5.11. The van der Waals surface area contributed by atoms with Crippen molar-refractivity contribution >= 4 is 23.3 Å². The van der Waals surface area contributed by atoms with Crippen molar-refractivity contribution in [2.45, 2.75) is 29.1 Å². The molecule has 0 radical (unpaired) electrons. The number of nitrogens with zero attached hydrogens (tertiary/aromatic N) is 2. The third-order valence-corrected chi connectivity index (χ3v) is 3.88. The first kappa shape index (κ1) is 11.6. The fourth-order valence-corrected chi connectivity index (χ4v) is 3.02. The molecule has 0 bridgehead atoms. The van der Waals surface area contributed by atoms with Gasteiger partial charge in [0.1, 0.15) is 5.82 Å². The molecule has 1 heterocycles. The minimum Gasteiger partial charge on any atom is -0.326 e. The Labute approximate surface area is 103 Å². The van der Waals surface area contributed by atoms with Gasteiger partial charge in [0.2, 0.25) is 0 Å². The molecular formula is C11H13N3S2. The molecule has 2 aromatic rings. The number of aromatic nitrogens is 2. The Kier molecular flexibility index (Phi) is 3.93. The Morgan fingerprint density at radius 3 is 3.00 bits per heavy atom. The summed E-state index contributed by atoms with van der Waals surface area (Å²) in [7, 11) is 0. The van der Waals surface area contributed by atoms with E-state index in [1.807, 2.05) is 12.1 Å². The number of rotatable bonds is 4. The van der Waals surface area contributed by atoms with Crippen molar-refractivity contribution in [3.63, 3.8) is 0 Å². The average Bonchev–Trinajstić information content (AvgIpc) is 2.77. The molecule has 0 amide bonds. The van der Waals surface area contributed by atoms with E-state index in [2.05, 4.69) is 28.4 Å². The van der Waals surface area contributed by atoms with Gasteiger partial charge in [-0.25, -0.2) is 4.98 Å². The zero-order chi connectivity index (χ0) is 11.4. The van der Waals surface area contributed by atoms with E-state index in [9.17, 15) is 0 Å². The molecule has 5 heteroatoms. The van der Waals surface area contributed by atoms with Gasteiger partial charge in [0, 0.05) is 17.9 Å². The van der Waals surface area contributed by atoms with Crippen molar-refractivity contribution in [1.82, 2.24) is 9.36 Å². The van der Waals surface area contributed by atoms with Crippen LogP contribution in [0.5, 0.6) is 0 Å². The average molecular weight is 251 g/mol. The van der Waals surface area contributed by atoms with Crippen LogP contribution in [0.15, 0.2) is 33.5 Å². The zero-order valence-corrected chi connectivity index (χ0v) is 10.6. The SMILES string of the molecule is CCc1nsc(Sc2cccc(CN)c2)n1. The molecule has 3 nitrogen and oxygen atoms in total. The predicted molar refractivity (Wildman–Crippen MR) is 67.7 cm³/mol. The van der Waals surface area contributed by atoms with E-state index in [1.165, 1.54) is 16.4 Å². The number of nitrogens with two attached hydrogens (primary N) is 1. The van der Waals surface area contributed by atoms with E-state index in [1.54, 1.807) is 11.8 Å². The number of aryl methyl sites for hydroxylation is 1. The highest BCUT2D eigenvalue weighted by molar-refractivity contribution is 8.01. The Hall–Kier alpha value is -0.910. The molecule has 84 valence electrons. The van der Waals surface area contributed by atoms with Crippen molar-refractivity contribution in [2.75, 3.05) is 0 Å². The summed E-state index contributed by atoms with van der Waals surface area (Å²) >= 11 is 3.10. The van der Waals surface area contributed by atoms with E-state index in [4.69, 9.17) is 5.73 Å². The van der Waals surface area contributed by atoms with Gasteiger partial charge in [0.05, 0.1) is 0 Å². The quantitative estimate of drug-likeness (QED) is 0.907. The van der Waals surface area contributed by atoms with Crippen molar-refractivity contribution in [2.24, 2.45) is 5.73 Å². The molecule has 0 unspecified atom stereocenters. The molecule has 0 spiro atoms. The molecule has 16 heavy (non-hydrogen) atoms. The summed E-state index contributed by atoms with van der Waals surface area (Å²) in [6, 6.07) is 8.21. The van der Waals surface area contributed by atoms with E-state index in [0.717, 1.165) is 22.1 Å². The first-order valence-corrected chi connectivity index (χ1v) is 6.70. The Bertz CT molecular complexity index is 468. The highest BCUT2D eigenvalue weighted by Gasteiger charge is 2.04. The first-order chi connectivity index (χ1) is 7.81. The van der Waals surface area contributed by atoms with Gasteiger partial charge in [0.25, 0.3) is 0 Å². The lowest BCUT2D eigenvalue weighted by Gasteiger charge is -2.00. The van der Waals surface area contributed by atoms with Crippen LogP contribution >= 0.6 is 23.3 Å². The van der Waals surface area contributed by atoms with Crippen molar-refractivity contribution in [3.05, 3.63) is 35.7 Å². The van der Waals surface area contributed by atoms with Gasteiger partial charge in [-0.3, -0.25) is 0 Å². The highest BCUT2D eigenvalue weighted by atomic mass is 32.2. The monoisotopic (exact) mass is 251 g/mol. The molecule has 2 rings (SSSR count). The highest BCUT2D eigenvalue weighted by Crippen LogP contribution is 2.29. The van der Waals surface area contributed by atoms with Crippen molar-refractivity contribution < 1.29 is 0 Å². The molecule has 2 N–H and O–H groups in total. The number of benzene rings is 1. The maximum atomic E-state index is 5.60. The number of hydrogen-bond donors (Lipinski definition) is 1. The van der Waals surface area contributed by atoms with Gasteiger partial charge < -0.3 is 5.73 Å². The van der Waals surface area contributed by atoms with Crippen LogP contribution in [0.1, 0.15) is 18.3 Å². The van der Waals surface area contributed by atoms with Crippen LogP contribution in [-0.4, -0.2) is 9.36 Å². The van der Waals surface area contributed by atoms with Gasteiger partial charge in [-0.15, -0.1) is 0 Å². The Balaban J connectivity index is 2.13. The van der Waals surface area contributed by atoms with Gasteiger partial charge in [-0.1, -0.05) is 30.8 Å². The second-order valence-corrected chi connectivity index (χ2v) is 5.36. The summed E-state index contributed by atoms with van der Waals surface area (Å²) in [4.78, 5) is 5.59. The molecule has 0 aliphatic carbocycles. The molecule has 0 saturated heterocycles. The van der Waals surface area contributed by atoms with Crippen LogP contribution < -0.4 is 5.73 Å². The summed E-state index contributed by atoms with van der Waals surface area (Å²) in [5.41, 5.74) is 6.75. The normalized spacial score (nSPS) is 10.6. The second kappa shape index (κ2) is 5.43. The van der Waals surface area contributed by atoms with Gasteiger partial charge in [-0.05, 0) is 29.2 Å². The molecular weight excluding hydrogens is 238 g/mol. The van der Waals surface area contributed by atoms with E-state index < -0.39 is 0 Å². The van der Waals surface area contributed by atoms with Crippen LogP contribution in [0.3, 0.4) is 0 Å². The van der Waals surface area contributed by atoms with Crippen LogP contribution in [0, 0.1) is 0 Å². The molecule has 0 fully saturated rings. The molecule has 0 aliphatic heterocycles. The van der Waals surface area contributed by atoms with Crippen molar-refractivity contribution in [3.8, 4) is 0 Å². The lowest BCUT2D eigenvalue weighted by Crippen LogP contribution is -1.95. The topological polar surface area (TPSA) is 51.8 Å². The largest absolute Gasteiger partial charge is 0.326 e.